The van der Waals surface area contributed by atoms with E-state index in [1.54, 1.807) is 55.7 Å². The van der Waals surface area contributed by atoms with Crippen molar-refractivity contribution in [3.05, 3.63) is 88.7 Å². The number of allylic oxidation sites excluding steroid dienone is 1. The number of fused-ring (bicyclic) bond motifs is 1. The van der Waals surface area contributed by atoms with Crippen LogP contribution < -0.4 is 14.9 Å². The molecule has 2 aromatic heterocycles. The normalized spacial score (nSPS) is 15.9. The summed E-state index contributed by atoms with van der Waals surface area (Å²) < 4.78 is 12.2. The zero-order chi connectivity index (χ0) is 23.7. The van der Waals surface area contributed by atoms with Crippen molar-refractivity contribution >= 4 is 40.7 Å². The standard InChI is InChI=1S/C24H22N2O5S2/c1-13(2)31-23(29)19-14(3)25-24-26(20(19)17-6-5-11-32-17)21(27)18(33-24)12-15-7-9-16(10-8-15)22(28)30-4/h5-13,20H,1-4H3/b18-12-. The summed E-state index contributed by atoms with van der Waals surface area (Å²) in [6, 6.07) is 9.98. The van der Waals surface area contributed by atoms with Gasteiger partial charge in [0.05, 0.1) is 34.6 Å². The van der Waals surface area contributed by atoms with Gasteiger partial charge in [-0.2, -0.15) is 0 Å². The minimum Gasteiger partial charge on any atom is -0.465 e. The molecular formula is C24H22N2O5S2. The van der Waals surface area contributed by atoms with Crippen LogP contribution in [0.4, 0.5) is 0 Å². The molecule has 170 valence electrons. The molecule has 4 rings (SSSR count). The number of thiophene rings is 1. The topological polar surface area (TPSA) is 87.0 Å². The zero-order valence-electron chi connectivity index (χ0n) is 18.5. The Morgan fingerprint density at radius 1 is 1.15 bits per heavy atom. The smallest absolute Gasteiger partial charge is 0.338 e. The van der Waals surface area contributed by atoms with Crippen molar-refractivity contribution in [3.63, 3.8) is 0 Å². The number of carbonyl (C=O) groups excluding carboxylic acids is 2. The van der Waals surface area contributed by atoms with E-state index in [4.69, 9.17) is 9.47 Å². The summed E-state index contributed by atoms with van der Waals surface area (Å²) in [5.74, 6) is -0.898. The Kier molecular flexibility index (Phi) is 6.44. The molecule has 0 radical (unpaired) electrons. The van der Waals surface area contributed by atoms with E-state index in [1.165, 1.54) is 29.8 Å². The molecule has 1 aliphatic heterocycles. The average molecular weight is 483 g/mol. The fourth-order valence-electron chi connectivity index (χ4n) is 3.56. The van der Waals surface area contributed by atoms with E-state index < -0.39 is 18.0 Å². The first-order valence-corrected chi connectivity index (χ1v) is 11.9. The minimum absolute atomic E-state index is 0.239. The number of carbonyl (C=O) groups is 2. The van der Waals surface area contributed by atoms with Gasteiger partial charge < -0.3 is 9.47 Å². The Balaban J connectivity index is 1.84. The van der Waals surface area contributed by atoms with Gasteiger partial charge in [-0.25, -0.2) is 14.6 Å². The number of hydrogen-bond acceptors (Lipinski definition) is 8. The minimum atomic E-state index is -0.601. The second kappa shape index (κ2) is 9.29. The lowest BCUT2D eigenvalue weighted by atomic mass is 10.0. The molecule has 9 heteroatoms. The summed E-state index contributed by atoms with van der Waals surface area (Å²) in [6.45, 7) is 5.34. The molecule has 1 aliphatic rings. The number of ether oxygens (including phenoxy) is 2. The van der Waals surface area contributed by atoms with Gasteiger partial charge in [0.25, 0.3) is 5.56 Å². The molecule has 0 fully saturated rings. The first-order valence-electron chi connectivity index (χ1n) is 10.3. The van der Waals surface area contributed by atoms with Gasteiger partial charge in [-0.05, 0) is 56.0 Å². The Morgan fingerprint density at radius 3 is 2.48 bits per heavy atom. The fourth-order valence-corrected chi connectivity index (χ4v) is 5.43. The lowest BCUT2D eigenvalue weighted by Gasteiger charge is -2.24. The van der Waals surface area contributed by atoms with Gasteiger partial charge in [0, 0.05) is 4.88 Å². The van der Waals surface area contributed by atoms with E-state index in [9.17, 15) is 14.4 Å². The van der Waals surface area contributed by atoms with Crippen LogP contribution in [-0.2, 0) is 14.3 Å². The highest BCUT2D eigenvalue weighted by Gasteiger charge is 2.34. The number of benzene rings is 1. The summed E-state index contributed by atoms with van der Waals surface area (Å²) in [7, 11) is 1.33. The predicted octanol–water partition coefficient (Wildman–Crippen LogP) is 3.03. The van der Waals surface area contributed by atoms with Crippen LogP contribution in [0.2, 0.25) is 0 Å². The van der Waals surface area contributed by atoms with Crippen molar-refractivity contribution in [2.45, 2.75) is 32.9 Å². The Hall–Kier alpha value is -3.30. The predicted molar refractivity (Wildman–Crippen MR) is 127 cm³/mol. The summed E-state index contributed by atoms with van der Waals surface area (Å²) in [5.41, 5.74) is 1.85. The molecule has 0 saturated carbocycles. The number of hydrogen-bond donors (Lipinski definition) is 0. The highest BCUT2D eigenvalue weighted by atomic mass is 32.1. The molecular weight excluding hydrogens is 460 g/mol. The summed E-state index contributed by atoms with van der Waals surface area (Å²) >= 11 is 2.73. The first-order chi connectivity index (χ1) is 15.8. The molecule has 1 atom stereocenters. The van der Waals surface area contributed by atoms with E-state index in [0.29, 0.717) is 26.2 Å². The van der Waals surface area contributed by atoms with Gasteiger partial charge in [0.2, 0.25) is 0 Å². The van der Waals surface area contributed by atoms with Crippen LogP contribution in [0.3, 0.4) is 0 Å². The van der Waals surface area contributed by atoms with Gasteiger partial charge in [-0.15, -0.1) is 11.3 Å². The van der Waals surface area contributed by atoms with E-state index in [0.717, 1.165) is 10.4 Å². The monoisotopic (exact) mass is 482 g/mol. The third kappa shape index (κ3) is 4.46. The van der Waals surface area contributed by atoms with Crippen molar-refractivity contribution < 1.29 is 19.1 Å². The van der Waals surface area contributed by atoms with E-state index in [1.807, 2.05) is 17.5 Å². The fraction of sp³-hybridized carbons (Fsp3) is 0.250. The number of thiazole rings is 1. The summed E-state index contributed by atoms with van der Waals surface area (Å²) in [4.78, 5) is 44.1. The molecule has 33 heavy (non-hydrogen) atoms. The lowest BCUT2D eigenvalue weighted by molar-refractivity contribution is -0.143. The SMILES string of the molecule is COC(=O)c1ccc(/C=c2\sc3n(c2=O)C(c2cccs2)C(C(=O)OC(C)C)=C(C)N=3)cc1. The number of methoxy groups -OCH3 is 1. The average Bonchev–Trinajstić information content (AvgIpc) is 3.41. The third-order valence-electron chi connectivity index (χ3n) is 5.03. The highest BCUT2D eigenvalue weighted by Crippen LogP contribution is 2.33. The molecule has 1 aromatic carbocycles. The maximum Gasteiger partial charge on any atom is 0.338 e. The number of aromatic nitrogens is 1. The maximum atomic E-state index is 13.5. The quantitative estimate of drug-likeness (QED) is 0.522. The Bertz CT molecular complexity index is 1410. The first kappa shape index (κ1) is 22.9. The molecule has 3 heterocycles. The maximum absolute atomic E-state index is 13.5. The Labute approximate surface area is 197 Å². The summed E-state index contributed by atoms with van der Waals surface area (Å²) in [6.07, 6.45) is 1.46. The van der Waals surface area contributed by atoms with Gasteiger partial charge in [0.1, 0.15) is 6.04 Å². The third-order valence-corrected chi connectivity index (χ3v) is 6.93. The van der Waals surface area contributed by atoms with Crippen molar-refractivity contribution in [3.8, 4) is 0 Å². The van der Waals surface area contributed by atoms with Crippen molar-refractivity contribution in [1.29, 1.82) is 0 Å². The van der Waals surface area contributed by atoms with E-state index >= 15 is 0 Å². The molecule has 1 unspecified atom stereocenters. The molecule has 0 saturated heterocycles. The van der Waals surface area contributed by atoms with Gasteiger partial charge in [-0.3, -0.25) is 9.36 Å². The molecule has 3 aromatic rings. The lowest BCUT2D eigenvalue weighted by Crippen LogP contribution is -2.39. The largest absolute Gasteiger partial charge is 0.465 e. The number of rotatable bonds is 5. The molecule has 0 amide bonds. The van der Waals surface area contributed by atoms with Crippen molar-refractivity contribution in [1.82, 2.24) is 4.57 Å². The molecule has 0 N–H and O–H groups in total. The molecule has 7 nitrogen and oxygen atoms in total. The van der Waals surface area contributed by atoms with E-state index in [2.05, 4.69) is 4.99 Å². The number of esters is 2. The van der Waals surface area contributed by atoms with Crippen LogP contribution in [0.25, 0.3) is 6.08 Å². The van der Waals surface area contributed by atoms with Crippen LogP contribution in [0.5, 0.6) is 0 Å². The molecule has 0 spiro atoms. The zero-order valence-corrected chi connectivity index (χ0v) is 20.2. The molecule has 0 aliphatic carbocycles. The van der Waals surface area contributed by atoms with Gasteiger partial charge in [0.15, 0.2) is 4.80 Å². The Morgan fingerprint density at radius 2 is 1.88 bits per heavy atom. The van der Waals surface area contributed by atoms with Crippen molar-refractivity contribution in [2.24, 2.45) is 4.99 Å². The summed E-state index contributed by atoms with van der Waals surface area (Å²) in [5, 5.41) is 1.91. The van der Waals surface area contributed by atoms with Crippen LogP contribution in [0.15, 0.2) is 62.8 Å². The second-order valence-corrected chi connectivity index (χ2v) is 9.65. The van der Waals surface area contributed by atoms with Crippen LogP contribution in [0, 0.1) is 0 Å². The highest BCUT2D eigenvalue weighted by molar-refractivity contribution is 7.10. The van der Waals surface area contributed by atoms with E-state index in [-0.39, 0.29) is 11.7 Å². The van der Waals surface area contributed by atoms with Gasteiger partial charge >= 0.3 is 11.9 Å². The second-order valence-electron chi connectivity index (χ2n) is 7.66. The van der Waals surface area contributed by atoms with Crippen LogP contribution in [0.1, 0.15) is 47.6 Å². The van der Waals surface area contributed by atoms with Crippen LogP contribution in [-0.4, -0.2) is 29.7 Å². The van der Waals surface area contributed by atoms with Crippen molar-refractivity contribution in [2.75, 3.05) is 7.11 Å². The van der Waals surface area contributed by atoms with Crippen LogP contribution >= 0.6 is 22.7 Å². The molecule has 0 bridgehead atoms. The van der Waals surface area contributed by atoms with Gasteiger partial charge in [-0.1, -0.05) is 29.5 Å². The number of nitrogens with zero attached hydrogens (tertiary/aromatic N) is 2.